The van der Waals surface area contributed by atoms with Crippen molar-refractivity contribution in [3.63, 3.8) is 0 Å². The first-order chi connectivity index (χ1) is 8.94. The molecule has 0 aromatic heterocycles. The lowest BCUT2D eigenvalue weighted by molar-refractivity contribution is -0.152. The predicted molar refractivity (Wildman–Crippen MR) is 75.8 cm³/mol. The highest BCUT2D eigenvalue weighted by molar-refractivity contribution is 5.81. The molecule has 104 valence electrons. The van der Waals surface area contributed by atoms with E-state index in [0.717, 1.165) is 5.56 Å². The van der Waals surface area contributed by atoms with E-state index in [0.29, 0.717) is 13.0 Å². The van der Waals surface area contributed by atoms with Crippen LogP contribution in [-0.4, -0.2) is 18.2 Å². The molecule has 0 heterocycles. The Labute approximate surface area is 115 Å². The summed E-state index contributed by atoms with van der Waals surface area (Å²) in [5.74, 6) is -0.402. The Balaban J connectivity index is 2.37. The van der Waals surface area contributed by atoms with Crippen molar-refractivity contribution in [3.8, 4) is 0 Å². The minimum absolute atomic E-state index is 0.0344. The minimum Gasteiger partial charge on any atom is -0.456 e. The van der Waals surface area contributed by atoms with Crippen LogP contribution in [-0.2, 0) is 14.3 Å². The van der Waals surface area contributed by atoms with Crippen LogP contribution in [0.2, 0.25) is 0 Å². The normalized spacial score (nSPS) is 12.8. The van der Waals surface area contributed by atoms with Gasteiger partial charge in [0.1, 0.15) is 5.60 Å². The Morgan fingerprint density at radius 3 is 2.58 bits per heavy atom. The van der Waals surface area contributed by atoms with Crippen molar-refractivity contribution >= 4 is 5.97 Å². The van der Waals surface area contributed by atoms with Gasteiger partial charge in [-0.1, -0.05) is 36.9 Å². The van der Waals surface area contributed by atoms with Gasteiger partial charge < -0.3 is 9.47 Å². The standard InChI is InChI=1S/C16H22O3/c1-5-15(17)19-16(3,4)11-12-18-13(2)14-9-7-6-8-10-14/h5-10,13H,1,11-12H2,2-4H3. The number of carbonyl (C=O) groups is 1. The number of carbonyl (C=O) groups excluding carboxylic acids is 1. The molecular formula is C16H22O3. The van der Waals surface area contributed by atoms with Gasteiger partial charge in [0, 0.05) is 12.5 Å². The SMILES string of the molecule is C=CC(=O)OC(C)(C)CCOC(C)c1ccccc1. The molecule has 0 amide bonds. The van der Waals surface area contributed by atoms with Gasteiger partial charge in [0.25, 0.3) is 0 Å². The molecule has 0 aliphatic rings. The zero-order chi connectivity index (χ0) is 14.3. The summed E-state index contributed by atoms with van der Waals surface area (Å²) in [6.45, 7) is 9.67. The van der Waals surface area contributed by atoms with Crippen LogP contribution in [0, 0.1) is 0 Å². The van der Waals surface area contributed by atoms with Crippen molar-refractivity contribution in [1.82, 2.24) is 0 Å². The fourth-order valence-electron chi connectivity index (χ4n) is 1.67. The van der Waals surface area contributed by atoms with E-state index in [-0.39, 0.29) is 6.10 Å². The zero-order valence-corrected chi connectivity index (χ0v) is 11.9. The second-order valence-electron chi connectivity index (χ2n) is 5.06. The van der Waals surface area contributed by atoms with Crippen LogP contribution in [0.25, 0.3) is 0 Å². The van der Waals surface area contributed by atoms with Crippen molar-refractivity contribution in [2.75, 3.05) is 6.61 Å². The van der Waals surface area contributed by atoms with Gasteiger partial charge in [-0.2, -0.15) is 0 Å². The molecule has 3 heteroatoms. The van der Waals surface area contributed by atoms with Gasteiger partial charge in [-0.3, -0.25) is 0 Å². The van der Waals surface area contributed by atoms with E-state index < -0.39 is 11.6 Å². The summed E-state index contributed by atoms with van der Waals surface area (Å²) in [4.78, 5) is 11.2. The summed E-state index contributed by atoms with van der Waals surface area (Å²) >= 11 is 0. The van der Waals surface area contributed by atoms with Gasteiger partial charge in [-0.05, 0) is 26.3 Å². The topological polar surface area (TPSA) is 35.5 Å². The number of rotatable bonds is 7. The highest BCUT2D eigenvalue weighted by Crippen LogP contribution is 2.20. The van der Waals surface area contributed by atoms with Gasteiger partial charge in [-0.25, -0.2) is 4.79 Å². The Hall–Kier alpha value is -1.61. The van der Waals surface area contributed by atoms with E-state index in [4.69, 9.17) is 9.47 Å². The molecule has 1 aromatic carbocycles. The largest absolute Gasteiger partial charge is 0.456 e. The Bertz CT molecular complexity index is 409. The van der Waals surface area contributed by atoms with Crippen LogP contribution >= 0.6 is 0 Å². The quantitative estimate of drug-likeness (QED) is 0.555. The maximum absolute atomic E-state index is 11.2. The molecule has 0 aliphatic carbocycles. The number of ether oxygens (including phenoxy) is 2. The van der Waals surface area contributed by atoms with Crippen LogP contribution in [0.5, 0.6) is 0 Å². The molecule has 19 heavy (non-hydrogen) atoms. The molecule has 0 aliphatic heterocycles. The smallest absolute Gasteiger partial charge is 0.330 e. The molecule has 0 fully saturated rings. The minimum atomic E-state index is -0.540. The second kappa shape index (κ2) is 7.10. The Kier molecular flexibility index (Phi) is 5.77. The molecule has 0 spiro atoms. The van der Waals surface area contributed by atoms with Gasteiger partial charge in [0.15, 0.2) is 0 Å². The van der Waals surface area contributed by atoms with Crippen molar-refractivity contribution < 1.29 is 14.3 Å². The van der Waals surface area contributed by atoms with Crippen molar-refractivity contribution in [1.29, 1.82) is 0 Å². The first-order valence-corrected chi connectivity index (χ1v) is 6.46. The van der Waals surface area contributed by atoms with Gasteiger partial charge in [-0.15, -0.1) is 0 Å². The Morgan fingerprint density at radius 1 is 1.37 bits per heavy atom. The molecule has 0 radical (unpaired) electrons. The lowest BCUT2D eigenvalue weighted by Crippen LogP contribution is -2.29. The average Bonchev–Trinajstić information content (AvgIpc) is 2.38. The molecule has 0 bridgehead atoms. The fraction of sp³-hybridized carbons (Fsp3) is 0.438. The van der Waals surface area contributed by atoms with Crippen molar-refractivity contribution in [2.45, 2.75) is 38.9 Å². The molecule has 0 N–H and O–H groups in total. The lowest BCUT2D eigenvalue weighted by atomic mass is 10.1. The maximum atomic E-state index is 11.2. The van der Waals surface area contributed by atoms with Gasteiger partial charge >= 0.3 is 5.97 Å². The van der Waals surface area contributed by atoms with Gasteiger partial charge in [0.2, 0.25) is 0 Å². The molecule has 1 unspecified atom stereocenters. The summed E-state index contributed by atoms with van der Waals surface area (Å²) in [5, 5.41) is 0. The predicted octanol–water partition coefficient (Wildman–Crippen LogP) is 3.66. The monoisotopic (exact) mass is 262 g/mol. The third-order valence-corrected chi connectivity index (χ3v) is 2.88. The third-order valence-electron chi connectivity index (χ3n) is 2.88. The van der Waals surface area contributed by atoms with Crippen LogP contribution in [0.15, 0.2) is 43.0 Å². The first kappa shape index (κ1) is 15.4. The Morgan fingerprint density at radius 2 is 2.00 bits per heavy atom. The summed E-state index contributed by atoms with van der Waals surface area (Å²) < 4.78 is 11.0. The van der Waals surface area contributed by atoms with Crippen LogP contribution in [0.4, 0.5) is 0 Å². The van der Waals surface area contributed by atoms with Crippen LogP contribution in [0.3, 0.4) is 0 Å². The molecule has 0 saturated carbocycles. The van der Waals surface area contributed by atoms with E-state index in [9.17, 15) is 4.79 Å². The summed E-state index contributed by atoms with van der Waals surface area (Å²) in [6, 6.07) is 10.0. The molecule has 1 rings (SSSR count). The summed E-state index contributed by atoms with van der Waals surface area (Å²) in [7, 11) is 0. The molecule has 1 aromatic rings. The number of esters is 1. The van der Waals surface area contributed by atoms with Crippen molar-refractivity contribution in [2.24, 2.45) is 0 Å². The summed E-state index contributed by atoms with van der Waals surface area (Å²) in [6.07, 6.45) is 1.85. The summed E-state index contributed by atoms with van der Waals surface area (Å²) in [5.41, 5.74) is 0.602. The number of hydrogen-bond donors (Lipinski definition) is 0. The van der Waals surface area contributed by atoms with E-state index in [1.165, 1.54) is 6.08 Å². The number of benzene rings is 1. The molecule has 1 atom stereocenters. The molecule has 3 nitrogen and oxygen atoms in total. The second-order valence-corrected chi connectivity index (χ2v) is 5.06. The lowest BCUT2D eigenvalue weighted by Gasteiger charge is -2.25. The maximum Gasteiger partial charge on any atom is 0.330 e. The highest BCUT2D eigenvalue weighted by atomic mass is 16.6. The molecule has 0 saturated heterocycles. The zero-order valence-electron chi connectivity index (χ0n) is 11.9. The van der Waals surface area contributed by atoms with E-state index in [1.54, 1.807) is 0 Å². The molecular weight excluding hydrogens is 240 g/mol. The van der Waals surface area contributed by atoms with Gasteiger partial charge in [0.05, 0.1) is 12.7 Å². The van der Waals surface area contributed by atoms with E-state index in [2.05, 4.69) is 6.58 Å². The van der Waals surface area contributed by atoms with E-state index >= 15 is 0 Å². The highest BCUT2D eigenvalue weighted by Gasteiger charge is 2.21. The van der Waals surface area contributed by atoms with Crippen molar-refractivity contribution in [3.05, 3.63) is 48.6 Å². The van der Waals surface area contributed by atoms with E-state index in [1.807, 2.05) is 51.1 Å². The fourth-order valence-corrected chi connectivity index (χ4v) is 1.67. The average molecular weight is 262 g/mol. The van der Waals surface area contributed by atoms with Crippen LogP contribution < -0.4 is 0 Å². The van der Waals surface area contributed by atoms with Crippen LogP contribution in [0.1, 0.15) is 38.9 Å². The number of hydrogen-bond acceptors (Lipinski definition) is 3. The third kappa shape index (κ3) is 5.71. The first-order valence-electron chi connectivity index (χ1n) is 6.46.